The highest BCUT2D eigenvalue weighted by Gasteiger charge is 2.24. The molecule has 2 atom stereocenters. The zero-order valence-electron chi connectivity index (χ0n) is 34.5. The van der Waals surface area contributed by atoms with Gasteiger partial charge in [0.2, 0.25) is 0 Å². The first-order chi connectivity index (χ1) is 29.2. The Labute approximate surface area is 351 Å². The van der Waals surface area contributed by atoms with Crippen LogP contribution in [-0.2, 0) is 58.0 Å². The molecule has 0 fully saturated rings. The van der Waals surface area contributed by atoms with Crippen LogP contribution in [0.5, 0.6) is 0 Å². The summed E-state index contributed by atoms with van der Waals surface area (Å²) in [7, 11) is 0. The predicted molar refractivity (Wildman–Crippen MR) is 231 cm³/mol. The second-order valence-electron chi connectivity index (χ2n) is 14.4. The smallest absolute Gasteiger partial charge is 0.317 e. The van der Waals surface area contributed by atoms with Crippen LogP contribution in [0, 0.1) is 0 Å². The van der Waals surface area contributed by atoms with Crippen LogP contribution in [0.2, 0.25) is 0 Å². The van der Waals surface area contributed by atoms with Crippen LogP contribution >= 0.6 is 0 Å². The number of carboxylic acid groups (broad SMARTS) is 1. The molecule has 6 aromatic rings. The standard InChI is InChI=1S/C25H30N4O2.C22H24N4O3/c1-3-8-22(30)18-27-24(15-19-9-6-5-7-10-19)25(31)17-21-16-23(28-29(21)4-2)20-11-13-26-14-12-20;1-2-26-18(13-19(25-26)17-8-10-23-11-9-17)14-21(27)20(24-15-22(28)29)12-16-6-4-3-5-7-16/h5-7,9-14,16,24,27H,3-4,8,15,17-18H2,1-2H3;3-11,13,20,24H,2,12,14-15H2,1H3,(H,28,29)/t24-;20-/m00/s1. The number of aliphatic carboxylic acids is 1. The van der Waals surface area contributed by atoms with E-state index in [-0.39, 0.29) is 43.3 Å². The third-order valence-corrected chi connectivity index (χ3v) is 9.91. The number of hydrogen-bond donors (Lipinski definition) is 3. The molecule has 0 unspecified atom stereocenters. The Morgan fingerprint density at radius 3 is 1.40 bits per heavy atom. The van der Waals surface area contributed by atoms with Crippen molar-refractivity contribution in [3.05, 3.63) is 144 Å². The van der Waals surface area contributed by atoms with Gasteiger partial charge in [0.15, 0.2) is 11.6 Å². The lowest BCUT2D eigenvalue weighted by molar-refractivity contribution is -0.136. The monoisotopic (exact) mass is 810 g/mol. The van der Waals surface area contributed by atoms with E-state index in [2.05, 4.69) is 30.8 Å². The third kappa shape index (κ3) is 13.6. The summed E-state index contributed by atoms with van der Waals surface area (Å²) in [4.78, 5) is 57.4. The van der Waals surface area contributed by atoms with Crippen LogP contribution in [0.4, 0.5) is 0 Å². The highest BCUT2D eigenvalue weighted by molar-refractivity contribution is 5.88. The molecule has 0 saturated carbocycles. The van der Waals surface area contributed by atoms with Crippen LogP contribution in [-0.4, -0.2) is 83.1 Å². The van der Waals surface area contributed by atoms with Gasteiger partial charge in [-0.15, -0.1) is 0 Å². The quantitative estimate of drug-likeness (QED) is 0.0733. The molecule has 0 amide bonds. The minimum Gasteiger partial charge on any atom is -0.480 e. The van der Waals surface area contributed by atoms with E-state index in [1.165, 1.54) is 0 Å². The van der Waals surface area contributed by atoms with Crippen LogP contribution in [0.3, 0.4) is 0 Å². The summed E-state index contributed by atoms with van der Waals surface area (Å²) in [5.41, 5.74) is 7.25. The topological polar surface area (TPSA) is 174 Å². The van der Waals surface area contributed by atoms with Gasteiger partial charge >= 0.3 is 5.97 Å². The fourth-order valence-electron chi connectivity index (χ4n) is 6.79. The molecule has 13 heteroatoms. The van der Waals surface area contributed by atoms with Crippen molar-refractivity contribution in [3.8, 4) is 22.5 Å². The number of carboxylic acids is 1. The van der Waals surface area contributed by atoms with E-state index < -0.39 is 18.1 Å². The van der Waals surface area contributed by atoms with Crippen molar-refractivity contribution < 1.29 is 24.3 Å². The zero-order chi connectivity index (χ0) is 42.7. The molecule has 0 aliphatic rings. The maximum absolute atomic E-state index is 13.3. The number of carbonyl (C=O) groups is 4. The highest BCUT2D eigenvalue weighted by Crippen LogP contribution is 2.21. The molecule has 60 heavy (non-hydrogen) atoms. The summed E-state index contributed by atoms with van der Waals surface area (Å²) in [6, 6.07) is 29.9. The molecule has 6 rings (SSSR count). The Hall–Kier alpha value is -6.44. The minimum atomic E-state index is -0.991. The van der Waals surface area contributed by atoms with E-state index in [0.717, 1.165) is 51.5 Å². The lowest BCUT2D eigenvalue weighted by Crippen LogP contribution is -2.42. The maximum atomic E-state index is 13.3. The Balaban J connectivity index is 0.000000228. The van der Waals surface area contributed by atoms with Gasteiger partial charge in [0.1, 0.15) is 5.78 Å². The van der Waals surface area contributed by atoms with Crippen molar-refractivity contribution in [1.29, 1.82) is 0 Å². The molecule has 4 aromatic heterocycles. The first kappa shape index (κ1) is 44.7. The van der Waals surface area contributed by atoms with E-state index in [0.29, 0.717) is 32.4 Å². The fraction of sp³-hybridized carbons (Fsp3) is 0.319. The second kappa shape index (κ2) is 23.2. The number of nitrogens with one attached hydrogen (secondary N) is 2. The molecule has 2 aromatic carbocycles. The Morgan fingerprint density at radius 2 is 1.02 bits per heavy atom. The Bertz CT molecular complexity index is 2260. The van der Waals surface area contributed by atoms with Gasteiger partial charge < -0.3 is 10.4 Å². The molecule has 0 spiro atoms. The van der Waals surface area contributed by atoms with Crippen molar-refractivity contribution in [2.45, 2.75) is 84.5 Å². The van der Waals surface area contributed by atoms with Crippen molar-refractivity contribution in [1.82, 2.24) is 40.2 Å². The Kier molecular flexibility index (Phi) is 17.3. The molecule has 0 saturated heterocycles. The van der Waals surface area contributed by atoms with E-state index in [1.807, 2.05) is 127 Å². The predicted octanol–water partition coefficient (Wildman–Crippen LogP) is 6.01. The van der Waals surface area contributed by atoms with E-state index >= 15 is 0 Å². The number of aryl methyl sites for hydroxylation is 2. The SMILES string of the molecule is CCCC(=O)CN[C@@H](Cc1ccccc1)C(=O)Cc1cc(-c2ccncc2)nn1CC.CCn1nc(-c2ccncc2)cc1CC(=O)[C@H](Cc1ccccc1)NCC(=O)O. The van der Waals surface area contributed by atoms with Gasteiger partial charge in [0.05, 0.1) is 49.4 Å². The lowest BCUT2D eigenvalue weighted by atomic mass is 9.99. The molecule has 0 aliphatic carbocycles. The Morgan fingerprint density at radius 1 is 0.600 bits per heavy atom. The zero-order valence-corrected chi connectivity index (χ0v) is 34.5. The number of pyridine rings is 2. The van der Waals surface area contributed by atoms with Crippen molar-refractivity contribution in [2.24, 2.45) is 0 Å². The van der Waals surface area contributed by atoms with E-state index in [1.54, 1.807) is 24.8 Å². The molecule has 0 radical (unpaired) electrons. The average molecular weight is 811 g/mol. The average Bonchev–Trinajstić information content (AvgIpc) is 3.89. The summed E-state index contributed by atoms with van der Waals surface area (Å²) < 4.78 is 3.68. The first-order valence-electron chi connectivity index (χ1n) is 20.4. The maximum Gasteiger partial charge on any atom is 0.317 e. The van der Waals surface area contributed by atoms with Crippen LogP contribution in [0.15, 0.2) is 122 Å². The normalized spacial score (nSPS) is 11.9. The summed E-state index contributed by atoms with van der Waals surface area (Å²) in [5, 5.41) is 24.4. The summed E-state index contributed by atoms with van der Waals surface area (Å²) in [6.45, 7) is 7.24. The van der Waals surface area contributed by atoms with Crippen molar-refractivity contribution in [3.63, 3.8) is 0 Å². The van der Waals surface area contributed by atoms with Gasteiger partial charge in [0, 0.05) is 66.8 Å². The number of benzene rings is 2. The summed E-state index contributed by atoms with van der Waals surface area (Å²) in [5.74, 6) is -0.864. The number of ketones is 3. The van der Waals surface area contributed by atoms with Crippen molar-refractivity contribution in [2.75, 3.05) is 13.1 Å². The molecule has 4 heterocycles. The van der Waals surface area contributed by atoms with Crippen LogP contribution in [0.1, 0.15) is 56.1 Å². The highest BCUT2D eigenvalue weighted by atomic mass is 16.4. The molecular formula is C47H54N8O5. The van der Waals surface area contributed by atoms with Gasteiger partial charge in [-0.2, -0.15) is 10.2 Å². The van der Waals surface area contributed by atoms with Gasteiger partial charge in [-0.05, 0) is 80.6 Å². The second-order valence-corrected chi connectivity index (χ2v) is 14.4. The van der Waals surface area contributed by atoms with E-state index in [9.17, 15) is 19.2 Å². The molecule has 312 valence electrons. The third-order valence-electron chi connectivity index (χ3n) is 9.91. The molecule has 3 N–H and O–H groups in total. The number of aromatic nitrogens is 6. The number of nitrogens with zero attached hydrogens (tertiary/aromatic N) is 6. The number of Topliss-reactive ketones (excluding diaryl/α,β-unsaturated/α-hetero) is 3. The van der Waals surface area contributed by atoms with Gasteiger partial charge in [0.25, 0.3) is 0 Å². The van der Waals surface area contributed by atoms with Crippen molar-refractivity contribution >= 4 is 23.3 Å². The van der Waals surface area contributed by atoms with E-state index in [4.69, 9.17) is 5.11 Å². The molecule has 0 aliphatic heterocycles. The van der Waals surface area contributed by atoms with Gasteiger partial charge in [-0.3, -0.25) is 43.8 Å². The first-order valence-corrected chi connectivity index (χ1v) is 20.4. The number of rotatable bonds is 22. The molecule has 0 bridgehead atoms. The number of carbonyl (C=O) groups excluding carboxylic acids is 3. The fourth-order valence-corrected chi connectivity index (χ4v) is 6.79. The minimum absolute atomic E-state index is 0.0593. The van der Waals surface area contributed by atoms with Crippen LogP contribution < -0.4 is 10.6 Å². The largest absolute Gasteiger partial charge is 0.480 e. The molecular weight excluding hydrogens is 757 g/mol. The summed E-state index contributed by atoms with van der Waals surface area (Å²) in [6.07, 6.45) is 9.64. The lowest BCUT2D eigenvalue weighted by Gasteiger charge is -2.18. The van der Waals surface area contributed by atoms with Gasteiger partial charge in [-0.1, -0.05) is 67.6 Å². The van der Waals surface area contributed by atoms with Gasteiger partial charge in [-0.25, -0.2) is 0 Å². The van der Waals surface area contributed by atoms with Crippen LogP contribution in [0.25, 0.3) is 22.5 Å². The number of hydrogen-bond acceptors (Lipinski definition) is 10. The summed E-state index contributed by atoms with van der Waals surface area (Å²) >= 11 is 0. The molecule has 13 nitrogen and oxygen atoms in total.